The fourth-order valence-corrected chi connectivity index (χ4v) is 6.25. The second-order valence-corrected chi connectivity index (χ2v) is 12.3. The number of rotatable bonds is 8. The summed E-state index contributed by atoms with van der Waals surface area (Å²) in [6.07, 6.45) is -15.3. The van der Waals surface area contributed by atoms with Crippen LogP contribution >= 0.6 is 0 Å². The summed E-state index contributed by atoms with van der Waals surface area (Å²) in [4.78, 5) is 35.3. The molecule has 0 aliphatic carbocycles. The lowest BCUT2D eigenvalue weighted by Crippen LogP contribution is -2.62. The molecule has 0 fully saturated rings. The Morgan fingerprint density at radius 3 is 1.94 bits per heavy atom. The Bertz CT molecular complexity index is 1920. The molecule has 53 heavy (non-hydrogen) atoms. The fraction of sp³-hybridized carbons (Fsp3) is 0.333. The van der Waals surface area contributed by atoms with E-state index in [0.29, 0.717) is 29.8 Å². The van der Waals surface area contributed by atoms with Gasteiger partial charge in [0.15, 0.2) is 0 Å². The van der Waals surface area contributed by atoms with Crippen LogP contribution in [-0.4, -0.2) is 34.3 Å². The molecule has 3 aromatic carbocycles. The van der Waals surface area contributed by atoms with E-state index in [4.69, 9.17) is 15.2 Å². The van der Waals surface area contributed by atoms with Crippen molar-refractivity contribution in [3.8, 4) is 0 Å². The van der Waals surface area contributed by atoms with E-state index in [1.807, 2.05) is 0 Å². The van der Waals surface area contributed by atoms with Crippen molar-refractivity contribution in [1.29, 1.82) is 0 Å². The van der Waals surface area contributed by atoms with E-state index in [0.717, 1.165) is 23.4 Å². The minimum absolute atomic E-state index is 0.0844. The molecule has 1 aliphatic heterocycles. The van der Waals surface area contributed by atoms with Crippen LogP contribution in [0.5, 0.6) is 0 Å². The number of anilines is 1. The zero-order valence-corrected chi connectivity index (χ0v) is 27.9. The third kappa shape index (κ3) is 8.40. The molecular formula is C36H31F9N4O4. The van der Waals surface area contributed by atoms with Crippen molar-refractivity contribution in [1.82, 2.24) is 9.97 Å². The van der Waals surface area contributed by atoms with Gasteiger partial charge in [-0.05, 0) is 72.9 Å². The van der Waals surface area contributed by atoms with Gasteiger partial charge in [-0.1, -0.05) is 37.3 Å². The fourth-order valence-electron chi connectivity index (χ4n) is 6.25. The van der Waals surface area contributed by atoms with Gasteiger partial charge in [0.1, 0.15) is 12.4 Å². The van der Waals surface area contributed by atoms with Crippen molar-refractivity contribution in [3.05, 3.63) is 124 Å². The second kappa shape index (κ2) is 14.7. The largest absolute Gasteiger partial charge is 0.457 e. The van der Waals surface area contributed by atoms with Gasteiger partial charge in [-0.25, -0.2) is 19.6 Å². The minimum atomic E-state index is -5.29. The van der Waals surface area contributed by atoms with Crippen LogP contribution in [0.2, 0.25) is 0 Å². The molecule has 282 valence electrons. The lowest BCUT2D eigenvalue weighted by atomic mass is 9.71. The number of hydrogen-bond donors (Lipinski definition) is 1. The Morgan fingerprint density at radius 2 is 1.42 bits per heavy atom. The molecule has 0 radical (unpaired) electrons. The molecular weight excluding hydrogens is 723 g/mol. The van der Waals surface area contributed by atoms with Gasteiger partial charge < -0.3 is 15.2 Å². The van der Waals surface area contributed by atoms with Crippen LogP contribution in [0.25, 0.3) is 0 Å². The summed E-state index contributed by atoms with van der Waals surface area (Å²) in [5.74, 6) is -4.57. The predicted molar refractivity (Wildman–Crippen MR) is 171 cm³/mol. The van der Waals surface area contributed by atoms with Gasteiger partial charge in [-0.15, -0.1) is 0 Å². The van der Waals surface area contributed by atoms with Crippen LogP contribution in [0.1, 0.15) is 88.1 Å². The Labute approximate surface area is 296 Å². The Balaban J connectivity index is 1.74. The maximum absolute atomic E-state index is 14.1. The van der Waals surface area contributed by atoms with Crippen LogP contribution < -0.4 is 10.6 Å². The van der Waals surface area contributed by atoms with Gasteiger partial charge in [-0.2, -0.15) is 39.5 Å². The van der Waals surface area contributed by atoms with Crippen LogP contribution in [0.15, 0.2) is 79.1 Å². The molecule has 0 bridgehead atoms. The average molecular weight is 755 g/mol. The van der Waals surface area contributed by atoms with E-state index >= 15 is 0 Å². The first-order chi connectivity index (χ1) is 24.8. The number of esters is 1. The highest BCUT2D eigenvalue weighted by Gasteiger charge is 2.49. The number of hydrogen-bond acceptors (Lipinski definition) is 7. The number of ether oxygens (including phenoxy) is 2. The molecule has 1 aliphatic rings. The molecule has 0 saturated carbocycles. The molecule has 4 aromatic rings. The summed E-state index contributed by atoms with van der Waals surface area (Å²) in [5.41, 5.74) is -0.433. The van der Waals surface area contributed by atoms with E-state index in [9.17, 15) is 49.1 Å². The van der Waals surface area contributed by atoms with E-state index in [-0.39, 0.29) is 42.5 Å². The third-order valence-electron chi connectivity index (χ3n) is 8.85. The topological polar surface area (TPSA) is 108 Å². The summed E-state index contributed by atoms with van der Waals surface area (Å²) in [6.45, 7) is 2.70. The Morgan fingerprint density at radius 1 is 0.830 bits per heavy atom. The molecule has 3 atom stereocenters. The molecule has 1 unspecified atom stereocenters. The Kier molecular flexibility index (Phi) is 10.8. The third-order valence-corrected chi connectivity index (χ3v) is 8.85. The van der Waals surface area contributed by atoms with Gasteiger partial charge in [0, 0.05) is 18.3 Å². The summed E-state index contributed by atoms with van der Waals surface area (Å²) in [5, 5.41) is 0. The maximum Gasteiger partial charge on any atom is 0.416 e. The van der Waals surface area contributed by atoms with E-state index < -0.39 is 82.6 Å². The summed E-state index contributed by atoms with van der Waals surface area (Å²) in [6, 6.07) is 11.6. The molecule has 5 rings (SSSR count). The number of nitrogens with two attached hydrogens (primary N) is 1. The van der Waals surface area contributed by atoms with Crippen molar-refractivity contribution in [2.45, 2.75) is 69.3 Å². The first kappa shape index (κ1) is 39.0. The predicted octanol–water partition coefficient (Wildman–Crippen LogP) is 9.24. The number of halogens is 9. The van der Waals surface area contributed by atoms with E-state index in [1.54, 1.807) is 30.3 Å². The van der Waals surface area contributed by atoms with Crippen LogP contribution in [0.4, 0.5) is 50.0 Å². The molecule has 1 aromatic heterocycles. The number of benzene rings is 3. The maximum atomic E-state index is 14.1. The van der Waals surface area contributed by atoms with Gasteiger partial charge in [0.05, 0.1) is 46.1 Å². The van der Waals surface area contributed by atoms with Crippen molar-refractivity contribution in [2.75, 3.05) is 11.5 Å². The monoisotopic (exact) mass is 754 g/mol. The number of amides is 1. The second-order valence-electron chi connectivity index (χ2n) is 12.3. The van der Waals surface area contributed by atoms with Gasteiger partial charge in [-0.3, -0.25) is 4.90 Å². The number of aromatic nitrogens is 2. The molecule has 2 heterocycles. The van der Waals surface area contributed by atoms with E-state index in [2.05, 4.69) is 9.97 Å². The lowest BCUT2D eigenvalue weighted by Gasteiger charge is -2.48. The van der Waals surface area contributed by atoms with Crippen molar-refractivity contribution >= 4 is 17.7 Å². The van der Waals surface area contributed by atoms with Crippen molar-refractivity contribution in [3.63, 3.8) is 0 Å². The van der Waals surface area contributed by atoms with Gasteiger partial charge >= 0.3 is 30.6 Å². The number of alkyl halides is 9. The lowest BCUT2D eigenvalue weighted by molar-refractivity contribution is -0.143. The molecule has 8 nitrogen and oxygen atoms in total. The van der Waals surface area contributed by atoms with Crippen LogP contribution in [0.3, 0.4) is 0 Å². The SMILES string of the molecule is CCOC(=O)N1c2ccc(C(F)(F)F)cc2[C@H](C(c2cc(C(F)(F)F)cc(C(F)(F)F)c2)c2ncc(C(=O)OCc3ccccc3)cn2)C[C@@]1(N)CC. The summed E-state index contributed by atoms with van der Waals surface area (Å²) in [7, 11) is 0. The smallest absolute Gasteiger partial charge is 0.416 e. The molecule has 0 spiro atoms. The first-order valence-electron chi connectivity index (χ1n) is 16.1. The summed E-state index contributed by atoms with van der Waals surface area (Å²) >= 11 is 0. The molecule has 17 heteroatoms. The molecule has 2 N–H and O–H groups in total. The number of nitrogens with zero attached hydrogens (tertiary/aromatic N) is 3. The summed E-state index contributed by atoms with van der Waals surface area (Å²) < 4.78 is 138. The highest BCUT2D eigenvalue weighted by Crippen LogP contribution is 2.53. The minimum Gasteiger partial charge on any atom is -0.457 e. The highest BCUT2D eigenvalue weighted by atomic mass is 19.4. The zero-order chi connectivity index (χ0) is 38.9. The number of fused-ring (bicyclic) bond motifs is 1. The normalized spacial score (nSPS) is 18.3. The zero-order valence-electron chi connectivity index (χ0n) is 27.9. The van der Waals surface area contributed by atoms with Crippen LogP contribution in [-0.2, 0) is 34.6 Å². The van der Waals surface area contributed by atoms with Gasteiger partial charge in [0.2, 0.25) is 0 Å². The van der Waals surface area contributed by atoms with Crippen LogP contribution in [0, 0.1) is 0 Å². The molecule has 1 amide bonds. The highest BCUT2D eigenvalue weighted by molar-refractivity contribution is 5.91. The van der Waals surface area contributed by atoms with Gasteiger partial charge in [0.25, 0.3) is 0 Å². The molecule has 0 saturated heterocycles. The van der Waals surface area contributed by atoms with Crippen molar-refractivity contribution < 1.29 is 58.6 Å². The van der Waals surface area contributed by atoms with Crippen molar-refractivity contribution in [2.24, 2.45) is 5.73 Å². The number of carbonyl (C=O) groups is 2. The standard InChI is InChI=1S/C36H31F9N4O4/c1-3-33(46)16-27(26-15-23(34(37,38)39)10-11-28(26)49(33)32(51)52-4-2)29(21-12-24(35(40,41)42)14-25(13-21)36(43,44)45)30-47-17-22(18-48-30)31(50)53-19-20-8-6-5-7-9-20/h5-15,17-18,27,29H,3-4,16,19,46H2,1-2H3/t27-,29?,33-/m1/s1. The quantitative estimate of drug-likeness (QED) is 0.141. The first-order valence-corrected chi connectivity index (χ1v) is 16.1. The Hall–Kier alpha value is -5.19. The average Bonchev–Trinajstić information content (AvgIpc) is 3.10. The number of carbonyl (C=O) groups excluding carboxylic acids is 2. The van der Waals surface area contributed by atoms with E-state index in [1.165, 1.54) is 13.8 Å².